The normalized spacial score (nSPS) is 19.3. The van der Waals surface area contributed by atoms with Gasteiger partial charge in [0, 0.05) is 23.1 Å². The first-order valence-electron chi connectivity index (χ1n) is 7.41. The molecule has 0 aliphatic carbocycles. The number of hydrogen-bond acceptors (Lipinski definition) is 4. The van der Waals surface area contributed by atoms with Crippen molar-refractivity contribution >= 4 is 35.2 Å². The van der Waals surface area contributed by atoms with Crippen molar-refractivity contribution in [3.8, 4) is 5.75 Å². The van der Waals surface area contributed by atoms with Gasteiger partial charge in [0.2, 0.25) is 0 Å². The molecule has 1 aliphatic heterocycles. The lowest BCUT2D eigenvalue weighted by Crippen LogP contribution is -2.51. The molecule has 23 heavy (non-hydrogen) atoms. The molecule has 1 N–H and O–H groups in total. The van der Waals surface area contributed by atoms with Crippen LogP contribution in [0.5, 0.6) is 5.75 Å². The van der Waals surface area contributed by atoms with E-state index in [-0.39, 0.29) is 18.4 Å². The van der Waals surface area contributed by atoms with E-state index in [4.69, 9.17) is 21.4 Å². The summed E-state index contributed by atoms with van der Waals surface area (Å²) in [6, 6.07) is 4.96. The highest BCUT2D eigenvalue weighted by Gasteiger charge is 2.32. The molecule has 5 nitrogen and oxygen atoms in total. The average Bonchev–Trinajstić information content (AvgIpc) is 2.50. The van der Waals surface area contributed by atoms with Crippen molar-refractivity contribution < 1.29 is 19.4 Å². The highest BCUT2D eigenvalue weighted by Crippen LogP contribution is 2.24. The zero-order valence-corrected chi connectivity index (χ0v) is 14.7. The summed E-state index contributed by atoms with van der Waals surface area (Å²) in [5.41, 5.74) is 0.877. The van der Waals surface area contributed by atoms with Crippen molar-refractivity contribution in [3.05, 3.63) is 28.8 Å². The van der Waals surface area contributed by atoms with Crippen molar-refractivity contribution in [2.45, 2.75) is 32.4 Å². The second-order valence-electron chi connectivity index (χ2n) is 5.53. The molecule has 0 aromatic heterocycles. The second-order valence-corrected chi connectivity index (χ2v) is 7.09. The lowest BCUT2D eigenvalue weighted by Gasteiger charge is -2.36. The maximum Gasteiger partial charge on any atom is 0.305 e. The van der Waals surface area contributed by atoms with Gasteiger partial charge < -0.3 is 14.7 Å². The van der Waals surface area contributed by atoms with Gasteiger partial charge in [-0.3, -0.25) is 9.59 Å². The van der Waals surface area contributed by atoms with Gasteiger partial charge in [0.25, 0.3) is 5.91 Å². The van der Waals surface area contributed by atoms with Crippen LogP contribution in [-0.4, -0.2) is 52.1 Å². The summed E-state index contributed by atoms with van der Waals surface area (Å²) in [5.74, 6) is 0.967. The van der Waals surface area contributed by atoms with Crippen LogP contribution in [0.25, 0.3) is 0 Å². The van der Waals surface area contributed by atoms with Gasteiger partial charge in [-0.15, -0.1) is 0 Å². The number of carbonyl (C=O) groups excluding carboxylic acids is 1. The Bertz CT molecular complexity index is 595. The van der Waals surface area contributed by atoms with Crippen molar-refractivity contribution in [2.75, 3.05) is 18.1 Å². The Kier molecular flexibility index (Phi) is 6.18. The molecule has 1 aromatic carbocycles. The first-order chi connectivity index (χ1) is 10.9. The van der Waals surface area contributed by atoms with E-state index in [1.54, 1.807) is 41.8 Å². The number of carboxylic acid groups (broad SMARTS) is 1. The zero-order valence-electron chi connectivity index (χ0n) is 13.1. The molecule has 2 atom stereocenters. The summed E-state index contributed by atoms with van der Waals surface area (Å²) < 4.78 is 5.71. The Morgan fingerprint density at radius 2 is 2.26 bits per heavy atom. The number of aliphatic carboxylic acids is 1. The lowest BCUT2D eigenvalue weighted by atomic mass is 10.1. The number of rotatable bonds is 5. The van der Waals surface area contributed by atoms with Crippen LogP contribution < -0.4 is 4.74 Å². The number of ether oxygens (including phenoxy) is 1. The Morgan fingerprint density at radius 3 is 2.91 bits per heavy atom. The van der Waals surface area contributed by atoms with E-state index in [2.05, 4.69) is 0 Å². The topological polar surface area (TPSA) is 66.8 Å². The van der Waals surface area contributed by atoms with Gasteiger partial charge in [-0.1, -0.05) is 11.6 Å². The SMILES string of the molecule is Cc1cc(OC(C)C(=O)N2CCSCC2CC(=O)O)ccc1Cl. The van der Waals surface area contributed by atoms with E-state index in [0.29, 0.717) is 23.1 Å². The number of halogens is 1. The van der Waals surface area contributed by atoms with Crippen molar-refractivity contribution in [1.82, 2.24) is 4.90 Å². The Balaban J connectivity index is 2.04. The number of carbonyl (C=O) groups is 2. The maximum atomic E-state index is 12.6. The van der Waals surface area contributed by atoms with Crippen LogP contribution in [0.1, 0.15) is 18.9 Å². The summed E-state index contributed by atoms with van der Waals surface area (Å²) in [7, 11) is 0. The molecule has 1 aromatic rings. The quantitative estimate of drug-likeness (QED) is 0.877. The molecule has 0 spiro atoms. The molecule has 1 heterocycles. The molecular formula is C16H20ClNO4S. The van der Waals surface area contributed by atoms with Gasteiger partial charge in [-0.2, -0.15) is 11.8 Å². The van der Waals surface area contributed by atoms with Crippen molar-refractivity contribution in [2.24, 2.45) is 0 Å². The van der Waals surface area contributed by atoms with Gasteiger partial charge in [0.15, 0.2) is 6.10 Å². The Hall–Kier alpha value is -1.40. The predicted molar refractivity (Wildman–Crippen MR) is 91.4 cm³/mol. The van der Waals surface area contributed by atoms with Crippen LogP contribution in [-0.2, 0) is 9.59 Å². The fraction of sp³-hybridized carbons (Fsp3) is 0.500. The van der Waals surface area contributed by atoms with Gasteiger partial charge in [0.05, 0.1) is 12.5 Å². The highest BCUT2D eigenvalue weighted by molar-refractivity contribution is 7.99. The standard InChI is InChI=1S/C16H20ClNO4S/c1-10-7-13(3-4-14(10)17)22-11(2)16(21)18-5-6-23-9-12(18)8-15(19)20/h3-4,7,11-12H,5-6,8-9H2,1-2H3,(H,19,20). The molecule has 1 fully saturated rings. The van der Waals surface area contributed by atoms with E-state index in [9.17, 15) is 9.59 Å². The van der Waals surface area contributed by atoms with Crippen LogP contribution >= 0.6 is 23.4 Å². The minimum absolute atomic E-state index is 0.0362. The molecule has 0 radical (unpaired) electrons. The highest BCUT2D eigenvalue weighted by atomic mass is 35.5. The van der Waals surface area contributed by atoms with E-state index < -0.39 is 12.1 Å². The monoisotopic (exact) mass is 357 g/mol. The molecule has 2 rings (SSSR count). The third-order valence-corrected chi connectivity index (χ3v) is 5.23. The molecule has 0 saturated carbocycles. The number of nitrogens with zero attached hydrogens (tertiary/aromatic N) is 1. The third kappa shape index (κ3) is 4.78. The van der Waals surface area contributed by atoms with Crippen LogP contribution in [0.15, 0.2) is 18.2 Å². The van der Waals surface area contributed by atoms with E-state index in [1.165, 1.54) is 0 Å². The lowest BCUT2D eigenvalue weighted by molar-refractivity contribution is -0.143. The van der Waals surface area contributed by atoms with E-state index in [0.717, 1.165) is 11.3 Å². The zero-order chi connectivity index (χ0) is 17.0. The number of carboxylic acids is 1. The van der Waals surface area contributed by atoms with E-state index >= 15 is 0 Å². The Morgan fingerprint density at radius 1 is 1.52 bits per heavy atom. The summed E-state index contributed by atoms with van der Waals surface area (Å²) in [6.45, 7) is 4.10. The first-order valence-corrected chi connectivity index (χ1v) is 8.94. The number of thioether (sulfide) groups is 1. The number of aryl methyl sites for hydroxylation is 1. The minimum atomic E-state index is -0.891. The van der Waals surface area contributed by atoms with Crippen LogP contribution in [0.4, 0.5) is 0 Å². The largest absolute Gasteiger partial charge is 0.481 e. The summed E-state index contributed by atoms with van der Waals surface area (Å²) >= 11 is 7.65. The minimum Gasteiger partial charge on any atom is -0.481 e. The fourth-order valence-electron chi connectivity index (χ4n) is 2.49. The average molecular weight is 358 g/mol. The second kappa shape index (κ2) is 7.93. The first kappa shape index (κ1) is 17.9. The Labute approximate surface area is 144 Å². The number of hydrogen-bond donors (Lipinski definition) is 1. The summed E-state index contributed by atoms with van der Waals surface area (Å²) in [6.07, 6.45) is -0.708. The molecule has 1 aliphatic rings. The maximum absolute atomic E-state index is 12.6. The van der Waals surface area contributed by atoms with Gasteiger partial charge in [0.1, 0.15) is 5.75 Å². The number of amides is 1. The molecule has 1 saturated heterocycles. The van der Waals surface area contributed by atoms with Crippen LogP contribution in [0.2, 0.25) is 5.02 Å². The van der Waals surface area contributed by atoms with Crippen molar-refractivity contribution in [3.63, 3.8) is 0 Å². The van der Waals surface area contributed by atoms with Crippen LogP contribution in [0, 0.1) is 6.92 Å². The fourth-order valence-corrected chi connectivity index (χ4v) is 3.67. The molecule has 0 bridgehead atoms. The molecule has 2 unspecified atom stereocenters. The summed E-state index contributed by atoms with van der Waals surface area (Å²) in [5, 5.41) is 9.65. The smallest absolute Gasteiger partial charge is 0.305 e. The van der Waals surface area contributed by atoms with Crippen molar-refractivity contribution in [1.29, 1.82) is 0 Å². The molecule has 126 valence electrons. The van der Waals surface area contributed by atoms with E-state index in [1.807, 2.05) is 6.92 Å². The van der Waals surface area contributed by atoms with Gasteiger partial charge >= 0.3 is 5.97 Å². The molecular weight excluding hydrogens is 338 g/mol. The van der Waals surface area contributed by atoms with Crippen LogP contribution in [0.3, 0.4) is 0 Å². The molecule has 1 amide bonds. The third-order valence-electron chi connectivity index (χ3n) is 3.71. The predicted octanol–water partition coefficient (Wildman–Crippen LogP) is 2.83. The van der Waals surface area contributed by atoms with Gasteiger partial charge in [-0.25, -0.2) is 0 Å². The van der Waals surface area contributed by atoms with Gasteiger partial charge in [-0.05, 0) is 37.6 Å². The summed E-state index contributed by atoms with van der Waals surface area (Å²) in [4.78, 5) is 25.2. The molecule has 7 heteroatoms. The number of benzene rings is 1.